The van der Waals surface area contributed by atoms with E-state index in [1.807, 2.05) is 81.1 Å². The highest BCUT2D eigenvalue weighted by atomic mass is 16.5. The smallest absolute Gasteiger partial charge is 0.320 e. The molecule has 1 aromatic heterocycles. The molecule has 2 atom stereocenters. The number of aryl methyl sites for hydroxylation is 1. The standard InChI is InChI=1S/C38H50N8O3/c1-25-9-11-27(12-10-25)42-35(23-33(39)38(2,3)4)44-37(48)43-31-14-15-32(30-8-6-5-7-29(30)31)49-28-13-16-34(40)46(24-28)36(41)45-20-17-26(18-21-45)19-22-47/h5-13,16,24,26,31-32,39-41,47H,14-15,17-23H2,1-4H3,(H2,42,43,44,48). The number of fused-ring (bicyclic) bond motifs is 1. The number of amidine groups is 1. The lowest BCUT2D eigenvalue weighted by Gasteiger charge is -2.34. The maximum Gasteiger partial charge on any atom is 0.320 e. The van der Waals surface area contributed by atoms with E-state index in [4.69, 9.17) is 26.0 Å². The van der Waals surface area contributed by atoms with Crippen LogP contribution in [0.4, 0.5) is 10.5 Å². The first-order chi connectivity index (χ1) is 23.4. The third-order valence-electron chi connectivity index (χ3n) is 9.43. The van der Waals surface area contributed by atoms with Crippen molar-refractivity contribution in [2.45, 2.75) is 78.4 Å². The molecule has 0 spiro atoms. The maximum atomic E-state index is 13.4. The molecule has 1 aliphatic carbocycles. The minimum absolute atomic E-state index is 0.190. The van der Waals surface area contributed by atoms with Gasteiger partial charge in [-0.1, -0.05) is 62.7 Å². The SMILES string of the molecule is Cc1ccc(N=C(CC(=N)C(C)(C)C)NC(=O)NC2CCC(Oc3ccc(=N)n(C(=N)N4CCC(CCO)CC4)c3)c3ccccc32)cc1. The normalized spacial score (nSPS) is 18.4. The number of benzene rings is 2. The molecule has 11 heteroatoms. The van der Waals surface area contributed by atoms with Crippen molar-refractivity contribution >= 4 is 29.2 Å². The summed E-state index contributed by atoms with van der Waals surface area (Å²) >= 11 is 0. The number of aliphatic hydroxyl groups is 1. The number of piperidine rings is 1. The number of nitrogens with one attached hydrogen (secondary N) is 5. The van der Waals surface area contributed by atoms with Gasteiger partial charge in [0.05, 0.1) is 17.9 Å². The van der Waals surface area contributed by atoms with Crippen molar-refractivity contribution in [1.82, 2.24) is 20.1 Å². The van der Waals surface area contributed by atoms with Crippen LogP contribution in [-0.4, -0.2) is 57.8 Å². The molecular weight excluding hydrogens is 616 g/mol. The minimum atomic E-state index is -0.377. The number of aliphatic hydroxyl groups excluding tert-OH is 1. The van der Waals surface area contributed by atoms with Crippen LogP contribution in [0.2, 0.25) is 0 Å². The van der Waals surface area contributed by atoms with Crippen molar-refractivity contribution < 1.29 is 14.6 Å². The summed E-state index contributed by atoms with van der Waals surface area (Å²) in [6, 6.07) is 18.5. The van der Waals surface area contributed by atoms with E-state index >= 15 is 0 Å². The van der Waals surface area contributed by atoms with Gasteiger partial charge in [-0.2, -0.15) is 0 Å². The van der Waals surface area contributed by atoms with Crippen molar-refractivity contribution in [3.05, 3.63) is 89.0 Å². The highest BCUT2D eigenvalue weighted by molar-refractivity contribution is 6.09. The lowest BCUT2D eigenvalue weighted by molar-refractivity contribution is 0.170. The van der Waals surface area contributed by atoms with Gasteiger partial charge in [0.15, 0.2) is 0 Å². The lowest BCUT2D eigenvalue weighted by atomic mass is 9.85. The molecule has 0 radical (unpaired) electrons. The van der Waals surface area contributed by atoms with Crippen LogP contribution in [0.5, 0.6) is 5.75 Å². The zero-order valence-electron chi connectivity index (χ0n) is 29.1. The van der Waals surface area contributed by atoms with E-state index in [0.717, 1.165) is 49.0 Å². The fourth-order valence-corrected chi connectivity index (χ4v) is 6.33. The summed E-state index contributed by atoms with van der Waals surface area (Å²) in [5.41, 5.74) is 4.09. The van der Waals surface area contributed by atoms with E-state index in [-0.39, 0.29) is 48.1 Å². The van der Waals surface area contributed by atoms with Crippen molar-refractivity contribution in [2.75, 3.05) is 19.7 Å². The van der Waals surface area contributed by atoms with E-state index < -0.39 is 0 Å². The summed E-state index contributed by atoms with van der Waals surface area (Å²) in [7, 11) is 0. The van der Waals surface area contributed by atoms with E-state index in [2.05, 4.69) is 10.6 Å². The number of aliphatic imine (C=N–C) groups is 1. The Bertz CT molecular complexity index is 1730. The minimum Gasteiger partial charge on any atom is -0.484 e. The van der Waals surface area contributed by atoms with Crippen LogP contribution in [0.1, 0.15) is 88.1 Å². The Kier molecular flexibility index (Phi) is 11.3. The fraction of sp³-hybridized carbons (Fsp3) is 0.447. The quantitative estimate of drug-likeness (QED) is 0.118. The summed E-state index contributed by atoms with van der Waals surface area (Å²) in [6.45, 7) is 9.57. The molecule has 3 aromatic rings. The molecule has 2 heterocycles. The second kappa shape index (κ2) is 15.6. The Labute approximate surface area is 289 Å². The molecule has 1 fully saturated rings. The fourth-order valence-electron chi connectivity index (χ4n) is 6.33. The first kappa shape index (κ1) is 35.5. The van der Waals surface area contributed by atoms with Gasteiger partial charge in [-0.05, 0) is 85.8 Å². The summed E-state index contributed by atoms with van der Waals surface area (Å²) in [6.07, 6.45) is 5.59. The number of carbonyl (C=O) groups excluding carboxylic acids is 1. The number of nitrogens with zero attached hydrogens (tertiary/aromatic N) is 3. The molecule has 11 nitrogen and oxygen atoms in total. The summed E-state index contributed by atoms with van der Waals surface area (Å²) in [4.78, 5) is 20.1. The second-order valence-electron chi connectivity index (χ2n) is 14.1. The molecule has 1 saturated heterocycles. The van der Waals surface area contributed by atoms with Crippen LogP contribution in [-0.2, 0) is 0 Å². The third kappa shape index (κ3) is 9.23. The molecule has 2 aromatic carbocycles. The molecule has 260 valence electrons. The van der Waals surface area contributed by atoms with E-state index in [1.165, 1.54) is 0 Å². The number of hydrogen-bond donors (Lipinski definition) is 6. The van der Waals surface area contributed by atoms with Gasteiger partial charge in [-0.15, -0.1) is 0 Å². The molecule has 0 saturated carbocycles. The van der Waals surface area contributed by atoms with E-state index in [9.17, 15) is 9.90 Å². The van der Waals surface area contributed by atoms with Crippen molar-refractivity contribution in [3.8, 4) is 5.75 Å². The second-order valence-corrected chi connectivity index (χ2v) is 14.1. The van der Waals surface area contributed by atoms with Crippen LogP contribution in [0.25, 0.3) is 0 Å². The van der Waals surface area contributed by atoms with Gasteiger partial charge in [0, 0.05) is 31.8 Å². The van der Waals surface area contributed by atoms with Crippen LogP contribution >= 0.6 is 0 Å². The van der Waals surface area contributed by atoms with Gasteiger partial charge in [0.25, 0.3) is 0 Å². The molecule has 6 N–H and O–H groups in total. The lowest BCUT2D eigenvalue weighted by Crippen LogP contribution is -2.44. The first-order valence-electron chi connectivity index (χ1n) is 17.2. The zero-order valence-corrected chi connectivity index (χ0v) is 29.1. The average Bonchev–Trinajstić information content (AvgIpc) is 3.07. The Hall–Kier alpha value is -4.77. The largest absolute Gasteiger partial charge is 0.484 e. The van der Waals surface area contributed by atoms with Gasteiger partial charge in [-0.25, -0.2) is 9.79 Å². The predicted molar refractivity (Wildman–Crippen MR) is 193 cm³/mol. The Morgan fingerprint density at radius 2 is 1.67 bits per heavy atom. The van der Waals surface area contributed by atoms with Crippen LogP contribution in [0, 0.1) is 34.5 Å². The van der Waals surface area contributed by atoms with Crippen molar-refractivity contribution in [1.29, 1.82) is 16.2 Å². The topological polar surface area (TPSA) is 163 Å². The molecule has 2 amide bonds. The molecular formula is C38H50N8O3. The molecule has 5 rings (SSSR count). The predicted octanol–water partition coefficient (Wildman–Crippen LogP) is 6.59. The number of pyridine rings is 1. The summed E-state index contributed by atoms with van der Waals surface area (Å²) < 4.78 is 8.07. The van der Waals surface area contributed by atoms with Crippen LogP contribution in [0.15, 0.2) is 71.9 Å². The average molecular weight is 667 g/mol. The van der Waals surface area contributed by atoms with Gasteiger partial charge in [-0.3, -0.25) is 20.7 Å². The number of aromatic nitrogens is 1. The molecule has 2 aliphatic rings. The molecule has 2 unspecified atom stereocenters. The molecule has 1 aliphatic heterocycles. The Morgan fingerprint density at radius 3 is 2.35 bits per heavy atom. The molecule has 49 heavy (non-hydrogen) atoms. The first-order valence-corrected chi connectivity index (χ1v) is 17.2. The van der Waals surface area contributed by atoms with E-state index in [1.54, 1.807) is 22.9 Å². The van der Waals surface area contributed by atoms with Gasteiger partial charge < -0.3 is 25.5 Å². The zero-order chi connectivity index (χ0) is 35.1. The van der Waals surface area contributed by atoms with Gasteiger partial charge in [0.2, 0.25) is 5.96 Å². The van der Waals surface area contributed by atoms with Crippen LogP contribution in [0.3, 0.4) is 0 Å². The van der Waals surface area contributed by atoms with Crippen molar-refractivity contribution in [3.63, 3.8) is 0 Å². The Balaban J connectivity index is 1.28. The van der Waals surface area contributed by atoms with Crippen molar-refractivity contribution in [2.24, 2.45) is 16.3 Å². The molecule has 0 bridgehead atoms. The number of hydrogen-bond acceptors (Lipinski definition) is 7. The number of amides is 2. The van der Waals surface area contributed by atoms with Crippen LogP contribution < -0.4 is 20.9 Å². The number of likely N-dealkylation sites (tertiary alicyclic amines) is 1. The third-order valence-corrected chi connectivity index (χ3v) is 9.43. The maximum absolute atomic E-state index is 13.4. The highest BCUT2D eigenvalue weighted by Crippen LogP contribution is 2.38. The number of ether oxygens (including phenoxy) is 1. The van der Waals surface area contributed by atoms with Gasteiger partial charge in [0.1, 0.15) is 23.2 Å². The number of urea groups is 1. The van der Waals surface area contributed by atoms with E-state index in [0.29, 0.717) is 41.7 Å². The summed E-state index contributed by atoms with van der Waals surface area (Å²) in [5.74, 6) is 1.70. The van der Waals surface area contributed by atoms with Gasteiger partial charge >= 0.3 is 6.03 Å². The number of carbonyl (C=O) groups is 1. The highest BCUT2D eigenvalue weighted by Gasteiger charge is 2.30. The monoisotopic (exact) mass is 666 g/mol. The summed E-state index contributed by atoms with van der Waals surface area (Å²) in [5, 5.41) is 41.3. The Morgan fingerprint density at radius 1 is 0.980 bits per heavy atom. The number of rotatable bonds is 8.